The molecule has 0 spiro atoms. The number of aromatic nitrogens is 1. The van der Waals surface area contributed by atoms with Crippen molar-refractivity contribution >= 4 is 17.3 Å². The molecule has 64 valence electrons. The highest BCUT2D eigenvalue weighted by atomic mass is 35.5. The topological polar surface area (TPSA) is 82.0 Å². The lowest BCUT2D eigenvalue weighted by Crippen LogP contribution is -2.04. The van der Waals surface area contributed by atoms with Gasteiger partial charge in [0.05, 0.1) is 4.92 Å². The van der Waals surface area contributed by atoms with E-state index >= 15 is 0 Å². The fourth-order valence-electron chi connectivity index (χ4n) is 0.784. The second kappa shape index (κ2) is 3.46. The second-order valence-corrected chi connectivity index (χ2v) is 2.45. The van der Waals surface area contributed by atoms with Gasteiger partial charge in [0.15, 0.2) is 0 Å². The smallest absolute Gasteiger partial charge is 0.292 e. The van der Waals surface area contributed by atoms with E-state index in [1.165, 1.54) is 12.1 Å². The highest BCUT2D eigenvalue weighted by Crippen LogP contribution is 2.17. The van der Waals surface area contributed by atoms with E-state index in [4.69, 9.17) is 17.3 Å². The van der Waals surface area contributed by atoms with E-state index in [-0.39, 0.29) is 23.1 Å². The van der Waals surface area contributed by atoms with Crippen molar-refractivity contribution in [2.75, 3.05) is 0 Å². The van der Waals surface area contributed by atoms with Crippen LogP contribution >= 0.6 is 11.6 Å². The quantitative estimate of drug-likeness (QED) is 0.427. The summed E-state index contributed by atoms with van der Waals surface area (Å²) in [6, 6.07) is 2.65. The molecule has 0 saturated carbocycles. The summed E-state index contributed by atoms with van der Waals surface area (Å²) < 4.78 is 0. The molecule has 0 aliphatic carbocycles. The van der Waals surface area contributed by atoms with E-state index < -0.39 is 4.92 Å². The molecule has 0 bridgehead atoms. The molecule has 0 amide bonds. The van der Waals surface area contributed by atoms with Crippen LogP contribution in [0.4, 0.5) is 5.69 Å². The van der Waals surface area contributed by atoms with E-state index in [2.05, 4.69) is 4.98 Å². The maximum Gasteiger partial charge on any atom is 0.292 e. The minimum absolute atomic E-state index is 0.0108. The van der Waals surface area contributed by atoms with Crippen molar-refractivity contribution in [1.82, 2.24) is 4.98 Å². The van der Waals surface area contributed by atoms with Crippen molar-refractivity contribution in [1.29, 1.82) is 0 Å². The van der Waals surface area contributed by atoms with Gasteiger partial charge in [-0.25, -0.2) is 4.98 Å². The fourth-order valence-corrected chi connectivity index (χ4v) is 0.949. The van der Waals surface area contributed by atoms with Gasteiger partial charge in [0.25, 0.3) is 5.69 Å². The zero-order valence-electron chi connectivity index (χ0n) is 6.03. The van der Waals surface area contributed by atoms with Gasteiger partial charge in [-0.3, -0.25) is 10.1 Å². The summed E-state index contributed by atoms with van der Waals surface area (Å²) >= 11 is 5.51. The first-order valence-corrected chi connectivity index (χ1v) is 3.53. The molecule has 5 nitrogen and oxygen atoms in total. The Balaban J connectivity index is 3.20. The van der Waals surface area contributed by atoms with Crippen LogP contribution in [-0.2, 0) is 6.54 Å². The lowest BCUT2D eigenvalue weighted by Gasteiger charge is -1.97. The maximum absolute atomic E-state index is 10.4. The van der Waals surface area contributed by atoms with Gasteiger partial charge in [0, 0.05) is 12.6 Å². The average molecular weight is 188 g/mol. The summed E-state index contributed by atoms with van der Waals surface area (Å²) in [5, 5.41) is 10.6. The predicted octanol–water partition coefficient (Wildman–Crippen LogP) is 1.10. The van der Waals surface area contributed by atoms with Gasteiger partial charge in [-0.2, -0.15) is 0 Å². The summed E-state index contributed by atoms with van der Waals surface area (Å²) in [5.74, 6) is 0. The van der Waals surface area contributed by atoms with Crippen LogP contribution in [-0.4, -0.2) is 9.91 Å². The molecular formula is C6H6ClN3O2. The van der Waals surface area contributed by atoms with Crippen molar-refractivity contribution in [2.24, 2.45) is 5.73 Å². The summed E-state index contributed by atoms with van der Waals surface area (Å²) in [6.07, 6.45) is 0. The summed E-state index contributed by atoms with van der Waals surface area (Å²) in [5.41, 5.74) is 5.34. The van der Waals surface area contributed by atoms with Gasteiger partial charge >= 0.3 is 0 Å². The van der Waals surface area contributed by atoms with Crippen LogP contribution in [0.1, 0.15) is 5.69 Å². The minimum Gasteiger partial charge on any atom is -0.325 e. The normalized spacial score (nSPS) is 9.83. The molecule has 1 heterocycles. The number of nitrogens with zero attached hydrogens (tertiary/aromatic N) is 2. The third kappa shape index (κ3) is 1.69. The lowest BCUT2D eigenvalue weighted by molar-refractivity contribution is -0.385. The zero-order chi connectivity index (χ0) is 9.14. The molecule has 0 radical (unpaired) electrons. The number of nitrogens with two attached hydrogens (primary N) is 1. The number of rotatable bonds is 2. The monoisotopic (exact) mass is 187 g/mol. The Bertz CT molecular complexity index is 316. The van der Waals surface area contributed by atoms with Gasteiger partial charge in [-0.1, -0.05) is 11.6 Å². The first kappa shape index (κ1) is 8.89. The highest BCUT2D eigenvalue weighted by molar-refractivity contribution is 6.29. The van der Waals surface area contributed by atoms with Crippen molar-refractivity contribution in [2.45, 2.75) is 6.54 Å². The Hall–Kier alpha value is -1.20. The lowest BCUT2D eigenvalue weighted by atomic mass is 10.3. The Morgan fingerprint density at radius 2 is 2.33 bits per heavy atom. The van der Waals surface area contributed by atoms with Gasteiger partial charge < -0.3 is 5.73 Å². The van der Waals surface area contributed by atoms with E-state index in [1.54, 1.807) is 0 Å². The van der Waals surface area contributed by atoms with Crippen molar-refractivity contribution < 1.29 is 4.92 Å². The summed E-state index contributed by atoms with van der Waals surface area (Å²) in [6.45, 7) is 0.0108. The SMILES string of the molecule is NCc1nc(Cl)ccc1[N+](=O)[O-]. The van der Waals surface area contributed by atoms with Crippen molar-refractivity contribution in [3.63, 3.8) is 0 Å². The molecule has 1 aromatic heterocycles. The Kier molecular flexibility index (Phi) is 2.57. The van der Waals surface area contributed by atoms with Crippen LogP contribution < -0.4 is 5.73 Å². The van der Waals surface area contributed by atoms with E-state index in [0.29, 0.717) is 0 Å². The van der Waals surface area contributed by atoms with Crippen LogP contribution in [0, 0.1) is 10.1 Å². The molecule has 2 N–H and O–H groups in total. The molecule has 0 aliphatic heterocycles. The molecule has 6 heteroatoms. The first-order valence-electron chi connectivity index (χ1n) is 3.15. The molecule has 0 fully saturated rings. The van der Waals surface area contributed by atoms with Gasteiger partial charge in [-0.05, 0) is 6.07 Å². The van der Waals surface area contributed by atoms with E-state index in [0.717, 1.165) is 0 Å². The molecule has 0 aliphatic rings. The second-order valence-electron chi connectivity index (χ2n) is 2.06. The Labute approximate surface area is 73.3 Å². The molecule has 1 rings (SSSR count). The molecule has 0 unspecified atom stereocenters. The third-order valence-corrected chi connectivity index (χ3v) is 1.52. The Morgan fingerprint density at radius 1 is 1.67 bits per heavy atom. The highest BCUT2D eigenvalue weighted by Gasteiger charge is 2.13. The zero-order valence-corrected chi connectivity index (χ0v) is 6.78. The predicted molar refractivity (Wildman–Crippen MR) is 43.8 cm³/mol. The average Bonchev–Trinajstić information content (AvgIpc) is 2.03. The minimum atomic E-state index is -0.536. The van der Waals surface area contributed by atoms with Gasteiger partial charge in [0.2, 0.25) is 0 Å². The van der Waals surface area contributed by atoms with Crippen LogP contribution in [0.5, 0.6) is 0 Å². The van der Waals surface area contributed by atoms with Gasteiger partial charge in [-0.15, -0.1) is 0 Å². The molecule has 1 aromatic rings. The summed E-state index contributed by atoms with van der Waals surface area (Å²) in [4.78, 5) is 13.5. The van der Waals surface area contributed by atoms with Crippen LogP contribution in [0.2, 0.25) is 5.15 Å². The Morgan fingerprint density at radius 3 is 2.83 bits per heavy atom. The largest absolute Gasteiger partial charge is 0.325 e. The standard InChI is InChI=1S/C6H6ClN3O2/c7-6-2-1-5(10(11)12)4(3-8)9-6/h1-2H,3,8H2. The molecule has 0 saturated heterocycles. The fraction of sp³-hybridized carbons (Fsp3) is 0.167. The maximum atomic E-state index is 10.4. The van der Waals surface area contributed by atoms with E-state index in [1.807, 2.05) is 0 Å². The molecule has 0 atom stereocenters. The number of pyridine rings is 1. The van der Waals surface area contributed by atoms with Crippen molar-refractivity contribution in [3.8, 4) is 0 Å². The van der Waals surface area contributed by atoms with Crippen LogP contribution in [0.3, 0.4) is 0 Å². The summed E-state index contributed by atoms with van der Waals surface area (Å²) in [7, 11) is 0. The molecule has 0 aromatic carbocycles. The molecular weight excluding hydrogens is 182 g/mol. The first-order chi connectivity index (χ1) is 5.65. The third-order valence-electron chi connectivity index (χ3n) is 1.31. The van der Waals surface area contributed by atoms with Crippen LogP contribution in [0.15, 0.2) is 12.1 Å². The molecule has 12 heavy (non-hydrogen) atoms. The number of halogens is 1. The number of nitro groups is 1. The van der Waals surface area contributed by atoms with Gasteiger partial charge in [0.1, 0.15) is 10.8 Å². The number of hydrogen-bond acceptors (Lipinski definition) is 4. The van der Waals surface area contributed by atoms with Crippen molar-refractivity contribution in [3.05, 3.63) is 33.1 Å². The van der Waals surface area contributed by atoms with E-state index in [9.17, 15) is 10.1 Å². The van der Waals surface area contributed by atoms with Crippen LogP contribution in [0.25, 0.3) is 0 Å². The number of hydrogen-bond donors (Lipinski definition) is 1.